The number of hydrogen-bond donors (Lipinski definition) is 0. The summed E-state index contributed by atoms with van der Waals surface area (Å²) in [5, 5.41) is 0. The Bertz CT molecular complexity index is 1440. The minimum Gasteiger partial charge on any atom is -0.497 e. The van der Waals surface area contributed by atoms with E-state index in [2.05, 4.69) is 0 Å². The van der Waals surface area contributed by atoms with E-state index in [0.717, 1.165) is 111 Å². The van der Waals surface area contributed by atoms with Gasteiger partial charge in [-0.25, -0.2) is 0 Å². The molecule has 2 aromatic carbocycles. The van der Waals surface area contributed by atoms with Gasteiger partial charge in [0.2, 0.25) is 0 Å². The van der Waals surface area contributed by atoms with Crippen molar-refractivity contribution in [2.45, 2.75) is 128 Å². The fourth-order valence-corrected chi connectivity index (χ4v) is 9.06. The third-order valence-electron chi connectivity index (χ3n) is 11.2. The number of thioether (sulfide) groups is 3. The molecule has 0 radical (unpaired) electrons. The molecule has 0 aliphatic carbocycles. The van der Waals surface area contributed by atoms with Gasteiger partial charge in [0.05, 0.1) is 39.5 Å². The lowest BCUT2D eigenvalue weighted by molar-refractivity contribution is -0.145. The van der Waals surface area contributed by atoms with Gasteiger partial charge in [0, 0.05) is 106 Å². The molecule has 6 aliphatic heterocycles. The van der Waals surface area contributed by atoms with Crippen molar-refractivity contribution in [1.29, 1.82) is 0 Å². The lowest BCUT2D eigenvalue weighted by Crippen LogP contribution is -2.24. The summed E-state index contributed by atoms with van der Waals surface area (Å²) in [5.41, 5.74) is 0. The summed E-state index contributed by atoms with van der Waals surface area (Å²) < 4.78 is 97.2. The highest BCUT2D eigenvalue weighted by molar-refractivity contribution is 7.99. The number of methoxy groups -OCH3 is 9. The van der Waals surface area contributed by atoms with E-state index in [9.17, 15) is 0 Å². The van der Waals surface area contributed by atoms with Crippen LogP contribution in [0.1, 0.15) is 78.1 Å². The molecule has 6 heterocycles. The highest BCUT2D eigenvalue weighted by atomic mass is 32.2. The van der Waals surface area contributed by atoms with Crippen LogP contribution in [0.2, 0.25) is 0 Å². The van der Waals surface area contributed by atoms with E-state index in [4.69, 9.17) is 90.0 Å². The smallest absolute Gasteiger partial charge is 0.167 e. The van der Waals surface area contributed by atoms with E-state index in [0.29, 0.717) is 26.4 Å². The van der Waals surface area contributed by atoms with Gasteiger partial charge in [-0.05, 0) is 107 Å². The Hall–Kier alpha value is -1.75. The van der Waals surface area contributed by atoms with Crippen LogP contribution in [0.25, 0.3) is 0 Å². The molecule has 8 atom stereocenters. The Morgan fingerprint density at radius 2 is 0.808 bits per heavy atom. The lowest BCUT2D eigenvalue weighted by atomic mass is 10.2. The molecule has 8 rings (SSSR count). The number of hydrogen-bond acceptors (Lipinski definition) is 22. The first kappa shape index (κ1) is 74.3. The lowest BCUT2D eigenvalue weighted by Gasteiger charge is -2.20. The predicted molar refractivity (Wildman–Crippen MR) is 309 cm³/mol. The Morgan fingerprint density at radius 3 is 1.26 bits per heavy atom. The van der Waals surface area contributed by atoms with Crippen LogP contribution in [0.5, 0.6) is 17.2 Å². The van der Waals surface area contributed by atoms with Crippen molar-refractivity contribution in [3.05, 3.63) is 54.6 Å². The maximum absolute atomic E-state index is 5.46. The van der Waals surface area contributed by atoms with E-state index in [1.807, 2.05) is 92.0 Å². The highest BCUT2D eigenvalue weighted by Crippen LogP contribution is 2.19. The maximum Gasteiger partial charge on any atom is 0.167 e. The van der Waals surface area contributed by atoms with Gasteiger partial charge in [0.15, 0.2) is 50.3 Å². The number of para-hydroxylation sites is 1. The molecule has 6 saturated heterocycles. The van der Waals surface area contributed by atoms with E-state index in [1.54, 1.807) is 75.8 Å². The summed E-state index contributed by atoms with van der Waals surface area (Å²) in [6, 6.07) is 17.1. The van der Waals surface area contributed by atoms with Gasteiger partial charge in [-0.2, -0.15) is 23.5 Å². The van der Waals surface area contributed by atoms with Gasteiger partial charge in [0.1, 0.15) is 30.5 Å². The SMILES string of the molecule is COC(C)OCCOc1ccccc1.COC1CCCCCO1.COC1CCCCO1.COC1CCCO1.COC1CSCCCO1.COC1CSCCO1.COC1CSCO1.COc1ccc(OCCOC(C)OC)cc1. The molecule has 8 unspecified atom stereocenters. The van der Waals surface area contributed by atoms with Crippen LogP contribution in [-0.2, 0) is 75.8 Å². The van der Waals surface area contributed by atoms with Crippen LogP contribution in [0, 0.1) is 0 Å². The van der Waals surface area contributed by atoms with Crippen LogP contribution in [-0.4, -0.2) is 208 Å². The maximum atomic E-state index is 5.46. The fourth-order valence-electron chi connectivity index (χ4n) is 6.57. The van der Waals surface area contributed by atoms with Crippen molar-refractivity contribution in [2.24, 2.45) is 0 Å². The summed E-state index contributed by atoms with van der Waals surface area (Å²) in [6.45, 7) is 10.1. The molecule has 0 N–H and O–H groups in total. The average Bonchev–Trinajstić information content (AvgIpc) is 4.11. The zero-order valence-corrected chi connectivity index (χ0v) is 51.4. The topological polar surface area (TPSA) is 175 Å². The van der Waals surface area contributed by atoms with Crippen molar-refractivity contribution in [3.8, 4) is 17.2 Å². The van der Waals surface area contributed by atoms with Gasteiger partial charge in [-0.3, -0.25) is 0 Å². The molecule has 0 aromatic heterocycles. The summed E-state index contributed by atoms with van der Waals surface area (Å²) in [7, 11) is 15.0. The Labute approximate surface area is 481 Å². The molecule has 22 heteroatoms. The third-order valence-corrected chi connectivity index (χ3v) is 14.1. The van der Waals surface area contributed by atoms with Crippen LogP contribution in [0.4, 0.5) is 0 Å². The van der Waals surface area contributed by atoms with Crippen molar-refractivity contribution >= 4 is 35.3 Å². The Kier molecular flexibility index (Phi) is 51.9. The first-order chi connectivity index (χ1) is 38.2. The molecule has 78 heavy (non-hydrogen) atoms. The van der Waals surface area contributed by atoms with Gasteiger partial charge in [0.25, 0.3) is 0 Å². The highest BCUT2D eigenvalue weighted by Gasteiger charge is 2.15. The second-order valence-corrected chi connectivity index (χ2v) is 20.3. The minimum absolute atomic E-state index is 0.0394. The van der Waals surface area contributed by atoms with E-state index < -0.39 is 0 Å². The number of rotatable bonds is 19. The van der Waals surface area contributed by atoms with Crippen molar-refractivity contribution in [2.75, 3.05) is 158 Å². The second kappa shape index (κ2) is 54.5. The fraction of sp³-hybridized carbons (Fsp3) is 0.786. The number of benzene rings is 2. The van der Waals surface area contributed by atoms with Crippen LogP contribution < -0.4 is 14.2 Å². The van der Waals surface area contributed by atoms with Gasteiger partial charge in [-0.1, -0.05) is 24.6 Å². The zero-order valence-electron chi connectivity index (χ0n) is 49.0. The summed E-state index contributed by atoms with van der Waals surface area (Å²) in [4.78, 5) is 0. The molecule has 456 valence electrons. The van der Waals surface area contributed by atoms with Gasteiger partial charge < -0.3 is 90.0 Å². The Balaban J connectivity index is 0.000000454. The van der Waals surface area contributed by atoms with E-state index in [-0.39, 0.29) is 50.3 Å². The van der Waals surface area contributed by atoms with Crippen molar-refractivity contribution < 1.29 is 90.0 Å². The minimum atomic E-state index is -0.195. The van der Waals surface area contributed by atoms with Gasteiger partial charge in [-0.15, -0.1) is 11.8 Å². The molecule has 6 aliphatic rings. The second-order valence-electron chi connectivity index (χ2n) is 17.0. The molecular formula is C56H100O19S3. The average molecular weight is 1170 g/mol. The predicted octanol–water partition coefficient (Wildman–Crippen LogP) is 10.2. The third kappa shape index (κ3) is 43.0. The normalized spacial score (nSPS) is 23.4. The summed E-state index contributed by atoms with van der Waals surface area (Å²) >= 11 is 5.54. The van der Waals surface area contributed by atoms with Gasteiger partial charge >= 0.3 is 0 Å². The molecule has 6 fully saturated rings. The standard InChI is InChI=1S/C12H18O4.C11H16O3.C7H14O2.C6H12O2S.C6H12O2.C5H10O2S.C5H10O2.C4H8O2S/c1-10(13-2)15-8-9-16-12-6-4-11(14-3)5-7-12;1-10(12-2)13-8-9-14-11-6-4-3-5-7-11;1-8-7-5-3-2-4-6-9-7;1-7-6-5-9-4-2-3-8-6;1-7-6-4-2-3-5-8-6;1-6-5-4-8-3-2-7-5;1-6-5-3-2-4-7-5;1-5-4-2-7-3-6-4/h4-7,10H,8-9H2,1-3H3;3-7,10H,8-9H2,1-2H3;7H,2-6H2,1H3;6H,2-5H2,1H3;6H,2-5H2,1H3;5H,2-4H2,1H3;5H,2-4H2,1H3;4H,2-3H2,1H3. The first-order valence-corrected chi connectivity index (χ1v) is 30.5. The first-order valence-electron chi connectivity index (χ1n) is 27.0. The number of ether oxygens (including phenoxy) is 19. The molecule has 19 nitrogen and oxygen atoms in total. The largest absolute Gasteiger partial charge is 0.497 e. The quantitative estimate of drug-likeness (QED) is 0.0958. The van der Waals surface area contributed by atoms with Crippen LogP contribution in [0.3, 0.4) is 0 Å². The van der Waals surface area contributed by atoms with E-state index in [1.165, 1.54) is 37.9 Å². The monoisotopic (exact) mass is 1170 g/mol. The molecule has 0 bridgehead atoms. The molecule has 0 saturated carbocycles. The van der Waals surface area contributed by atoms with Crippen molar-refractivity contribution in [3.63, 3.8) is 0 Å². The Morgan fingerprint density at radius 1 is 0.397 bits per heavy atom. The summed E-state index contributed by atoms with van der Waals surface area (Å²) in [5.74, 6) is 8.54. The van der Waals surface area contributed by atoms with Crippen LogP contribution in [0.15, 0.2) is 54.6 Å². The zero-order chi connectivity index (χ0) is 56.9. The molecule has 2 aromatic rings. The van der Waals surface area contributed by atoms with Crippen molar-refractivity contribution in [1.82, 2.24) is 0 Å². The van der Waals surface area contributed by atoms with E-state index >= 15 is 0 Å². The molecular weight excluding hydrogens is 1070 g/mol. The molecule has 0 spiro atoms. The van der Waals surface area contributed by atoms with Crippen LogP contribution >= 0.6 is 35.3 Å². The molecule has 0 amide bonds. The summed E-state index contributed by atoms with van der Waals surface area (Å²) in [6.07, 6.45) is 11.7.